The maximum Gasteiger partial charge on any atom is 0.264 e. The van der Waals surface area contributed by atoms with Gasteiger partial charge in [0.05, 0.1) is 17.2 Å². The van der Waals surface area contributed by atoms with Gasteiger partial charge in [0.25, 0.3) is 5.91 Å². The molecule has 0 aromatic carbocycles. The van der Waals surface area contributed by atoms with Crippen molar-refractivity contribution in [3.63, 3.8) is 0 Å². The van der Waals surface area contributed by atoms with Crippen LogP contribution in [0.25, 0.3) is 0 Å². The van der Waals surface area contributed by atoms with E-state index in [0.717, 1.165) is 28.6 Å². The van der Waals surface area contributed by atoms with Gasteiger partial charge in [0.1, 0.15) is 0 Å². The number of carbonyl (C=O) groups is 1. The van der Waals surface area contributed by atoms with Crippen molar-refractivity contribution < 1.29 is 9.53 Å². The minimum Gasteiger partial charge on any atom is -0.384 e. The van der Waals surface area contributed by atoms with Crippen molar-refractivity contribution in [1.29, 1.82) is 0 Å². The molecule has 128 valence electrons. The molecule has 1 aliphatic heterocycles. The van der Waals surface area contributed by atoms with Crippen molar-refractivity contribution in [2.24, 2.45) is 5.92 Å². The first-order valence-electron chi connectivity index (χ1n) is 8.54. The Bertz CT molecular complexity index is 747. The van der Waals surface area contributed by atoms with E-state index in [2.05, 4.69) is 10.9 Å². The fourth-order valence-corrected chi connectivity index (χ4v) is 4.34. The Hall–Kier alpha value is -1.66. The Morgan fingerprint density at radius 2 is 2.29 bits per heavy atom. The molecular formula is C18H23N3O2S. The Morgan fingerprint density at radius 1 is 1.46 bits per heavy atom. The first kappa shape index (κ1) is 15.8. The molecule has 1 saturated carbocycles. The van der Waals surface area contributed by atoms with Gasteiger partial charge in [-0.3, -0.25) is 9.48 Å². The Labute approximate surface area is 146 Å². The summed E-state index contributed by atoms with van der Waals surface area (Å²) < 4.78 is 7.48. The van der Waals surface area contributed by atoms with Crippen LogP contribution in [0.5, 0.6) is 0 Å². The van der Waals surface area contributed by atoms with Crippen molar-refractivity contribution in [2.75, 3.05) is 20.3 Å². The van der Waals surface area contributed by atoms with Crippen molar-refractivity contribution in [3.05, 3.63) is 39.3 Å². The van der Waals surface area contributed by atoms with Gasteiger partial charge in [-0.05, 0) is 42.7 Å². The number of hydrogen-bond donors (Lipinski definition) is 0. The smallest absolute Gasteiger partial charge is 0.264 e. The molecule has 1 amide bonds. The quantitative estimate of drug-likeness (QED) is 0.837. The summed E-state index contributed by atoms with van der Waals surface area (Å²) in [6.45, 7) is 4.93. The van der Waals surface area contributed by atoms with Crippen LogP contribution in [0.2, 0.25) is 0 Å². The van der Waals surface area contributed by atoms with E-state index in [1.807, 2.05) is 23.3 Å². The van der Waals surface area contributed by atoms with Crippen molar-refractivity contribution in [1.82, 2.24) is 14.7 Å². The van der Waals surface area contributed by atoms with Gasteiger partial charge in [0.15, 0.2) is 0 Å². The van der Waals surface area contributed by atoms with Crippen LogP contribution in [-0.2, 0) is 17.8 Å². The first-order valence-corrected chi connectivity index (χ1v) is 9.42. The van der Waals surface area contributed by atoms with E-state index in [9.17, 15) is 4.79 Å². The third-order valence-corrected chi connectivity index (χ3v) is 5.92. The molecule has 4 rings (SSSR count). The maximum absolute atomic E-state index is 12.9. The Kier molecular flexibility index (Phi) is 4.18. The average molecular weight is 345 g/mol. The summed E-state index contributed by atoms with van der Waals surface area (Å²) in [6.07, 6.45) is 4.76. The highest BCUT2D eigenvalue weighted by molar-refractivity contribution is 7.12. The lowest BCUT2D eigenvalue weighted by molar-refractivity contribution is 0.0683. The molecule has 1 fully saturated rings. The fraction of sp³-hybridized carbons (Fsp3) is 0.556. The van der Waals surface area contributed by atoms with Gasteiger partial charge in [-0.25, -0.2) is 0 Å². The van der Waals surface area contributed by atoms with Crippen LogP contribution in [0.15, 0.2) is 17.6 Å². The van der Waals surface area contributed by atoms with Gasteiger partial charge < -0.3 is 9.64 Å². The molecule has 2 aromatic heterocycles. The average Bonchev–Trinajstić information content (AvgIpc) is 3.11. The second-order valence-corrected chi connectivity index (χ2v) is 7.89. The molecule has 3 heterocycles. The van der Waals surface area contributed by atoms with E-state index in [4.69, 9.17) is 9.84 Å². The molecule has 1 aliphatic carbocycles. The fourth-order valence-electron chi connectivity index (χ4n) is 3.45. The summed E-state index contributed by atoms with van der Waals surface area (Å²) in [5, 5.41) is 6.79. The van der Waals surface area contributed by atoms with Crippen LogP contribution >= 0.6 is 11.3 Å². The normalized spacial score (nSPS) is 20.2. The number of aromatic nitrogens is 2. The second kappa shape index (κ2) is 6.33. The third kappa shape index (κ3) is 3.00. The Balaban J connectivity index is 1.59. The molecule has 0 saturated heterocycles. The number of carbonyl (C=O) groups excluding carboxylic acids is 1. The SMILES string of the molecule is COC[C@H]1CN(C(=O)c2sccc2C)Cc2cn(CC3CC3)nc21. The van der Waals surface area contributed by atoms with Crippen LogP contribution in [0.4, 0.5) is 0 Å². The van der Waals surface area contributed by atoms with Crippen LogP contribution in [0, 0.1) is 12.8 Å². The molecule has 2 aliphatic rings. The number of aryl methyl sites for hydroxylation is 1. The highest BCUT2D eigenvalue weighted by atomic mass is 32.1. The second-order valence-electron chi connectivity index (χ2n) is 6.98. The zero-order chi connectivity index (χ0) is 16.7. The summed E-state index contributed by atoms with van der Waals surface area (Å²) in [5.74, 6) is 1.08. The largest absolute Gasteiger partial charge is 0.384 e. The van der Waals surface area contributed by atoms with Crippen LogP contribution in [-0.4, -0.2) is 40.8 Å². The minimum atomic E-state index is 0.129. The highest BCUT2D eigenvalue weighted by Crippen LogP contribution is 2.33. The molecule has 6 heteroatoms. The number of nitrogens with zero attached hydrogens (tertiary/aromatic N) is 3. The van der Waals surface area contributed by atoms with Crippen molar-refractivity contribution >= 4 is 17.2 Å². The standard InChI is InChI=1S/C18H23N3O2S/c1-12-5-6-24-17(12)18(22)20-8-14-10-21(7-13-3-4-13)19-16(14)15(9-20)11-23-2/h5-6,10,13,15H,3-4,7-9,11H2,1-2H3/t15-/m1/s1. The summed E-state index contributed by atoms with van der Waals surface area (Å²) in [4.78, 5) is 15.7. The number of amides is 1. The molecule has 0 N–H and O–H groups in total. The van der Waals surface area contributed by atoms with Crippen LogP contribution < -0.4 is 0 Å². The number of rotatable bonds is 5. The zero-order valence-corrected chi connectivity index (χ0v) is 15.0. The molecule has 5 nitrogen and oxygen atoms in total. The molecular weight excluding hydrogens is 322 g/mol. The number of thiophene rings is 1. The zero-order valence-electron chi connectivity index (χ0n) is 14.2. The predicted molar refractivity (Wildman–Crippen MR) is 93.4 cm³/mol. The summed E-state index contributed by atoms with van der Waals surface area (Å²) >= 11 is 1.53. The van der Waals surface area contributed by atoms with Gasteiger partial charge in [0, 0.05) is 44.4 Å². The number of methoxy groups -OCH3 is 1. The minimum absolute atomic E-state index is 0.129. The predicted octanol–water partition coefficient (Wildman–Crippen LogP) is 3.05. The van der Waals surface area contributed by atoms with Crippen LogP contribution in [0.1, 0.15) is 45.3 Å². The number of ether oxygens (including phenoxy) is 1. The summed E-state index contributed by atoms with van der Waals surface area (Å²) in [7, 11) is 1.71. The van der Waals surface area contributed by atoms with E-state index < -0.39 is 0 Å². The lowest BCUT2D eigenvalue weighted by Crippen LogP contribution is -2.39. The van der Waals surface area contributed by atoms with E-state index in [0.29, 0.717) is 19.7 Å². The van der Waals surface area contributed by atoms with E-state index >= 15 is 0 Å². The number of fused-ring (bicyclic) bond motifs is 1. The van der Waals surface area contributed by atoms with E-state index in [1.165, 1.54) is 29.7 Å². The third-order valence-electron chi connectivity index (χ3n) is 4.91. The van der Waals surface area contributed by atoms with Crippen molar-refractivity contribution in [3.8, 4) is 0 Å². The first-order chi connectivity index (χ1) is 11.7. The molecule has 24 heavy (non-hydrogen) atoms. The lowest BCUT2D eigenvalue weighted by Gasteiger charge is -2.31. The molecule has 1 atom stereocenters. The maximum atomic E-state index is 12.9. The Morgan fingerprint density at radius 3 is 2.96 bits per heavy atom. The molecule has 2 aromatic rings. The van der Waals surface area contributed by atoms with Crippen molar-refractivity contribution in [2.45, 2.75) is 38.8 Å². The molecule has 0 spiro atoms. The van der Waals surface area contributed by atoms with E-state index in [1.54, 1.807) is 7.11 Å². The monoisotopic (exact) mass is 345 g/mol. The summed E-state index contributed by atoms with van der Waals surface area (Å²) in [6, 6.07) is 2.01. The van der Waals surface area contributed by atoms with Crippen LogP contribution in [0.3, 0.4) is 0 Å². The van der Waals surface area contributed by atoms with Gasteiger partial charge in [-0.2, -0.15) is 5.10 Å². The molecule has 0 radical (unpaired) electrons. The van der Waals surface area contributed by atoms with Gasteiger partial charge in [0.2, 0.25) is 0 Å². The molecule has 0 unspecified atom stereocenters. The highest BCUT2D eigenvalue weighted by Gasteiger charge is 2.33. The van der Waals surface area contributed by atoms with Gasteiger partial charge in [-0.15, -0.1) is 11.3 Å². The van der Waals surface area contributed by atoms with E-state index in [-0.39, 0.29) is 11.8 Å². The summed E-state index contributed by atoms with van der Waals surface area (Å²) in [5.41, 5.74) is 3.35. The van der Waals surface area contributed by atoms with Gasteiger partial charge >= 0.3 is 0 Å². The number of hydrogen-bond acceptors (Lipinski definition) is 4. The lowest BCUT2D eigenvalue weighted by atomic mass is 9.97. The van der Waals surface area contributed by atoms with Gasteiger partial charge in [-0.1, -0.05) is 0 Å². The topological polar surface area (TPSA) is 47.4 Å². The molecule has 0 bridgehead atoms.